The average molecular weight is 237 g/mol. The molecule has 1 atom stereocenters. The number of aliphatic carboxylic acids is 1. The number of carbonyl (C=O) groups is 1. The summed E-state index contributed by atoms with van der Waals surface area (Å²) in [5.41, 5.74) is -0.595. The van der Waals surface area contributed by atoms with E-state index in [1.807, 2.05) is 6.92 Å². The van der Waals surface area contributed by atoms with E-state index in [4.69, 9.17) is 5.11 Å². The Hall–Kier alpha value is -0.0500. The molecule has 0 aromatic carbocycles. The first-order chi connectivity index (χ1) is 5.42. The van der Waals surface area contributed by atoms with E-state index in [-0.39, 0.29) is 5.92 Å². The number of alkyl halides is 1. The van der Waals surface area contributed by atoms with Gasteiger partial charge in [0.15, 0.2) is 0 Å². The van der Waals surface area contributed by atoms with Gasteiger partial charge in [0, 0.05) is 5.33 Å². The lowest BCUT2D eigenvalue weighted by molar-refractivity contribution is -0.149. The molecule has 0 aromatic heterocycles. The van der Waals surface area contributed by atoms with Crippen LogP contribution in [0.5, 0.6) is 0 Å². The van der Waals surface area contributed by atoms with Gasteiger partial charge in [-0.25, -0.2) is 0 Å². The minimum absolute atomic E-state index is 0.229. The van der Waals surface area contributed by atoms with E-state index in [2.05, 4.69) is 15.9 Å². The highest BCUT2D eigenvalue weighted by Crippen LogP contribution is 2.30. The van der Waals surface area contributed by atoms with Crippen molar-refractivity contribution < 1.29 is 9.90 Å². The largest absolute Gasteiger partial charge is 0.481 e. The van der Waals surface area contributed by atoms with Crippen molar-refractivity contribution in [2.24, 2.45) is 11.3 Å². The van der Waals surface area contributed by atoms with Gasteiger partial charge < -0.3 is 5.11 Å². The van der Waals surface area contributed by atoms with Crippen LogP contribution in [0.25, 0.3) is 0 Å². The molecule has 1 unspecified atom stereocenters. The van der Waals surface area contributed by atoms with E-state index in [1.165, 1.54) is 0 Å². The minimum atomic E-state index is -0.704. The molecule has 12 heavy (non-hydrogen) atoms. The summed E-state index contributed by atoms with van der Waals surface area (Å²) in [6.07, 6.45) is 2.00. The SMILES string of the molecule is CC(CCCBr)C(C)(C)C(=O)O. The number of halogens is 1. The van der Waals surface area contributed by atoms with Crippen LogP contribution in [0, 0.1) is 11.3 Å². The molecule has 0 heterocycles. The molecule has 0 saturated heterocycles. The van der Waals surface area contributed by atoms with Gasteiger partial charge in [-0.05, 0) is 32.6 Å². The van der Waals surface area contributed by atoms with Crippen LogP contribution in [-0.4, -0.2) is 16.4 Å². The smallest absolute Gasteiger partial charge is 0.309 e. The highest BCUT2D eigenvalue weighted by Gasteiger charge is 2.32. The Morgan fingerprint density at radius 1 is 1.58 bits per heavy atom. The number of rotatable bonds is 5. The monoisotopic (exact) mass is 236 g/mol. The Labute approximate surface area is 82.5 Å². The predicted molar refractivity (Wildman–Crippen MR) is 53.6 cm³/mol. The van der Waals surface area contributed by atoms with E-state index in [1.54, 1.807) is 13.8 Å². The van der Waals surface area contributed by atoms with Gasteiger partial charge in [-0.2, -0.15) is 0 Å². The Balaban J connectivity index is 4.06. The lowest BCUT2D eigenvalue weighted by Gasteiger charge is -2.26. The van der Waals surface area contributed by atoms with Crippen LogP contribution in [-0.2, 0) is 4.79 Å². The third kappa shape index (κ3) is 3.13. The molecule has 0 spiro atoms. The first-order valence-corrected chi connectivity index (χ1v) is 5.34. The molecule has 0 aliphatic heterocycles. The van der Waals surface area contributed by atoms with Crippen LogP contribution >= 0.6 is 15.9 Å². The van der Waals surface area contributed by atoms with Gasteiger partial charge in [-0.3, -0.25) is 4.79 Å². The van der Waals surface area contributed by atoms with Crippen molar-refractivity contribution in [3.8, 4) is 0 Å². The fourth-order valence-electron chi connectivity index (χ4n) is 0.955. The van der Waals surface area contributed by atoms with Crippen LogP contribution in [0.3, 0.4) is 0 Å². The molecule has 0 fully saturated rings. The summed E-state index contributed by atoms with van der Waals surface area (Å²) in [6.45, 7) is 5.57. The maximum absolute atomic E-state index is 10.8. The average Bonchev–Trinajstić information content (AvgIpc) is 1.99. The molecule has 0 saturated carbocycles. The second-order valence-electron chi connectivity index (χ2n) is 3.76. The van der Waals surface area contributed by atoms with Crippen LogP contribution in [0.2, 0.25) is 0 Å². The second-order valence-corrected chi connectivity index (χ2v) is 4.55. The quantitative estimate of drug-likeness (QED) is 0.746. The van der Waals surface area contributed by atoms with Crippen molar-refractivity contribution in [3.63, 3.8) is 0 Å². The summed E-state index contributed by atoms with van der Waals surface area (Å²) in [4.78, 5) is 10.8. The van der Waals surface area contributed by atoms with Gasteiger partial charge >= 0.3 is 5.97 Å². The van der Waals surface area contributed by atoms with Gasteiger partial charge in [0.05, 0.1) is 5.41 Å². The third-order valence-corrected chi connectivity index (χ3v) is 3.11. The molecular weight excluding hydrogens is 220 g/mol. The van der Waals surface area contributed by atoms with Crippen LogP contribution in [0.4, 0.5) is 0 Å². The van der Waals surface area contributed by atoms with Crippen molar-refractivity contribution in [2.75, 3.05) is 5.33 Å². The fourth-order valence-corrected chi connectivity index (χ4v) is 1.28. The van der Waals surface area contributed by atoms with Crippen LogP contribution < -0.4 is 0 Å². The number of carboxylic acid groups (broad SMARTS) is 1. The van der Waals surface area contributed by atoms with Gasteiger partial charge in [0.25, 0.3) is 0 Å². The van der Waals surface area contributed by atoms with E-state index < -0.39 is 11.4 Å². The topological polar surface area (TPSA) is 37.3 Å². The Morgan fingerprint density at radius 3 is 2.42 bits per heavy atom. The summed E-state index contributed by atoms with van der Waals surface area (Å²) < 4.78 is 0. The molecule has 72 valence electrons. The lowest BCUT2D eigenvalue weighted by atomic mass is 9.78. The third-order valence-electron chi connectivity index (χ3n) is 2.55. The van der Waals surface area contributed by atoms with Crippen molar-refractivity contribution in [1.29, 1.82) is 0 Å². The molecule has 0 rings (SSSR count). The van der Waals surface area contributed by atoms with Crippen molar-refractivity contribution in [2.45, 2.75) is 33.6 Å². The Morgan fingerprint density at radius 2 is 2.08 bits per heavy atom. The highest BCUT2D eigenvalue weighted by molar-refractivity contribution is 9.09. The Bertz CT molecular complexity index is 155. The second kappa shape index (κ2) is 4.85. The molecular formula is C9H17BrO2. The zero-order chi connectivity index (χ0) is 9.78. The molecule has 2 nitrogen and oxygen atoms in total. The molecule has 0 aliphatic carbocycles. The van der Waals surface area contributed by atoms with Gasteiger partial charge in [0.1, 0.15) is 0 Å². The maximum atomic E-state index is 10.8. The molecule has 1 N–H and O–H groups in total. The molecule has 0 bridgehead atoms. The summed E-state index contributed by atoms with van der Waals surface area (Å²) in [7, 11) is 0. The number of hydrogen-bond acceptors (Lipinski definition) is 1. The van der Waals surface area contributed by atoms with E-state index in [0.29, 0.717) is 0 Å². The van der Waals surface area contributed by atoms with Gasteiger partial charge in [-0.15, -0.1) is 0 Å². The summed E-state index contributed by atoms with van der Waals surface area (Å²) in [5, 5.41) is 9.85. The van der Waals surface area contributed by atoms with E-state index >= 15 is 0 Å². The first-order valence-electron chi connectivity index (χ1n) is 4.22. The highest BCUT2D eigenvalue weighted by atomic mass is 79.9. The van der Waals surface area contributed by atoms with Crippen LogP contribution in [0.1, 0.15) is 33.6 Å². The predicted octanol–water partition coefficient (Wildman–Crippen LogP) is 2.91. The summed E-state index contributed by atoms with van der Waals surface area (Å²) in [6, 6.07) is 0. The normalized spacial score (nSPS) is 14.3. The first kappa shape index (κ1) is 11.9. The van der Waals surface area contributed by atoms with Crippen molar-refractivity contribution in [1.82, 2.24) is 0 Å². The summed E-state index contributed by atoms with van der Waals surface area (Å²) in [5.74, 6) is -0.475. The molecule has 0 radical (unpaired) electrons. The Kier molecular flexibility index (Phi) is 4.83. The zero-order valence-corrected chi connectivity index (χ0v) is 9.52. The van der Waals surface area contributed by atoms with Gasteiger partial charge in [0.2, 0.25) is 0 Å². The molecule has 0 amide bonds. The van der Waals surface area contributed by atoms with Crippen molar-refractivity contribution in [3.05, 3.63) is 0 Å². The van der Waals surface area contributed by atoms with E-state index in [9.17, 15) is 4.79 Å². The molecule has 0 aliphatic rings. The van der Waals surface area contributed by atoms with Gasteiger partial charge in [-0.1, -0.05) is 22.9 Å². The number of carboxylic acids is 1. The fraction of sp³-hybridized carbons (Fsp3) is 0.889. The number of hydrogen-bond donors (Lipinski definition) is 1. The lowest BCUT2D eigenvalue weighted by Crippen LogP contribution is -2.31. The molecule has 3 heteroatoms. The van der Waals surface area contributed by atoms with Crippen LogP contribution in [0.15, 0.2) is 0 Å². The minimum Gasteiger partial charge on any atom is -0.481 e. The standard InChI is InChI=1S/C9H17BrO2/c1-7(5-4-6-10)9(2,3)8(11)12/h7H,4-6H2,1-3H3,(H,11,12). The maximum Gasteiger partial charge on any atom is 0.309 e. The summed E-state index contributed by atoms with van der Waals surface area (Å²) >= 11 is 3.33. The van der Waals surface area contributed by atoms with Crippen molar-refractivity contribution >= 4 is 21.9 Å². The van der Waals surface area contributed by atoms with E-state index in [0.717, 1.165) is 18.2 Å². The zero-order valence-electron chi connectivity index (χ0n) is 7.93. The molecule has 0 aromatic rings.